The number of rotatable bonds is 9. The summed E-state index contributed by atoms with van der Waals surface area (Å²) < 4.78 is 24.4. The number of aliphatic hydroxyl groups excluding tert-OH is 8. The molecule has 4 saturated carbocycles. The fourth-order valence-corrected chi connectivity index (χ4v) is 12.9. The van der Waals surface area contributed by atoms with Crippen molar-refractivity contribution >= 4 is 0 Å². The average Bonchev–Trinajstić information content (AvgIpc) is 3.48. The lowest BCUT2D eigenvalue weighted by Gasteiger charge is -2.68. The van der Waals surface area contributed by atoms with Gasteiger partial charge in [-0.25, -0.2) is 0 Å². The molecule has 6 unspecified atom stereocenters. The van der Waals surface area contributed by atoms with Crippen molar-refractivity contribution < 1.29 is 59.8 Å². The number of hydrogen-bond donors (Lipinski definition) is 8. The molecule has 12 heteroatoms. The zero-order valence-electron chi connectivity index (χ0n) is 33.6. The second-order valence-electron chi connectivity index (χ2n) is 19.3. The van der Waals surface area contributed by atoms with E-state index in [4.69, 9.17) is 18.9 Å². The first kappa shape index (κ1) is 42.6. The van der Waals surface area contributed by atoms with Gasteiger partial charge >= 0.3 is 0 Å². The molecule has 4 aliphatic carbocycles. The predicted octanol–water partition coefficient (Wildman–Crippen LogP) is 2.81. The lowest BCUT2D eigenvalue weighted by atomic mass is 9.38. The molecule has 6 rings (SSSR count). The molecule has 6 fully saturated rings. The van der Waals surface area contributed by atoms with E-state index in [0.717, 1.165) is 38.5 Å². The molecule has 12 nitrogen and oxygen atoms in total. The Morgan fingerprint density at radius 1 is 0.704 bits per heavy atom. The Morgan fingerprint density at radius 2 is 1.31 bits per heavy atom. The Kier molecular flexibility index (Phi) is 12.6. The Bertz CT molecular complexity index is 1360. The molecule has 8 N–H and O–H groups in total. The van der Waals surface area contributed by atoms with E-state index in [1.54, 1.807) is 0 Å². The number of aliphatic hydroxyl groups is 8. The molecule has 2 aliphatic heterocycles. The maximum atomic E-state index is 12.1. The smallest absolute Gasteiger partial charge is 0.187 e. The standard InChI is InChI=1S/C42H70O12/c1-20(2)10-9-11-21(3)23-12-14-42(8)30-22(4)16-28-40(5,6)29(13-15-41(28,7)24(30)17-25(45)31(23)42)53-39-37(35(49)33(47)27(19-44)52-39)54-38-36(50)34(48)32(46)26(18-43)51-38/h10-11,22-39,43-50H,9,12-19H2,1-8H3/b21-11+/t22?,23-,24?,25+,26-,27-,28?,29?,30?,31?,32-,33-,34+,35+,36-,37-,38+,39+,41-,42-/m1/s1. The third kappa shape index (κ3) is 7.21. The Labute approximate surface area is 321 Å². The second kappa shape index (κ2) is 16.0. The summed E-state index contributed by atoms with van der Waals surface area (Å²) >= 11 is 0. The van der Waals surface area contributed by atoms with E-state index in [1.165, 1.54) is 11.1 Å². The highest BCUT2D eigenvalue weighted by molar-refractivity contribution is 5.21. The zero-order valence-corrected chi connectivity index (χ0v) is 33.6. The van der Waals surface area contributed by atoms with E-state index in [-0.39, 0.29) is 34.9 Å². The number of allylic oxidation sites excluding steroid dienone is 4. The van der Waals surface area contributed by atoms with Crippen LogP contribution in [0.3, 0.4) is 0 Å². The van der Waals surface area contributed by atoms with Gasteiger partial charge in [-0.3, -0.25) is 0 Å². The zero-order chi connectivity index (χ0) is 39.7. The van der Waals surface area contributed by atoms with E-state index in [9.17, 15) is 40.9 Å². The highest BCUT2D eigenvalue weighted by Gasteiger charge is 2.68. The molecule has 0 radical (unpaired) electrons. The lowest BCUT2D eigenvalue weighted by molar-refractivity contribution is -0.378. The largest absolute Gasteiger partial charge is 0.394 e. The summed E-state index contributed by atoms with van der Waals surface area (Å²) in [6.07, 6.45) is -4.62. The third-order valence-corrected chi connectivity index (χ3v) is 15.6. The fourth-order valence-electron chi connectivity index (χ4n) is 12.9. The van der Waals surface area contributed by atoms with E-state index in [1.807, 2.05) is 0 Å². The van der Waals surface area contributed by atoms with Crippen LogP contribution in [0.5, 0.6) is 0 Å². The van der Waals surface area contributed by atoms with Crippen molar-refractivity contribution in [1.29, 1.82) is 0 Å². The van der Waals surface area contributed by atoms with Crippen LogP contribution in [-0.4, -0.2) is 128 Å². The fraction of sp³-hybridized carbons (Fsp3) is 0.905. The predicted molar refractivity (Wildman–Crippen MR) is 199 cm³/mol. The van der Waals surface area contributed by atoms with Gasteiger partial charge in [0.2, 0.25) is 0 Å². The van der Waals surface area contributed by atoms with Crippen molar-refractivity contribution in [2.45, 2.75) is 174 Å². The van der Waals surface area contributed by atoms with Gasteiger partial charge in [-0.05, 0) is 117 Å². The van der Waals surface area contributed by atoms with Gasteiger partial charge in [0.1, 0.15) is 48.8 Å². The van der Waals surface area contributed by atoms with E-state index in [0.29, 0.717) is 30.1 Å². The molecule has 0 amide bonds. The molecule has 2 saturated heterocycles. The summed E-state index contributed by atoms with van der Waals surface area (Å²) in [7, 11) is 0. The van der Waals surface area contributed by atoms with Gasteiger partial charge in [0.15, 0.2) is 12.6 Å². The van der Waals surface area contributed by atoms with Gasteiger partial charge in [-0.2, -0.15) is 0 Å². The highest BCUT2D eigenvalue weighted by Crippen LogP contribution is 2.72. The molecule has 54 heavy (non-hydrogen) atoms. The minimum absolute atomic E-state index is 0.0324. The van der Waals surface area contributed by atoms with Crippen LogP contribution in [0.25, 0.3) is 0 Å². The Morgan fingerprint density at radius 3 is 1.94 bits per heavy atom. The van der Waals surface area contributed by atoms with Crippen molar-refractivity contribution in [3.8, 4) is 0 Å². The summed E-state index contributed by atoms with van der Waals surface area (Å²) in [4.78, 5) is 0. The second-order valence-corrected chi connectivity index (χ2v) is 19.3. The van der Waals surface area contributed by atoms with E-state index < -0.39 is 80.0 Å². The van der Waals surface area contributed by atoms with Crippen LogP contribution in [0.2, 0.25) is 0 Å². The molecule has 0 aromatic rings. The minimum Gasteiger partial charge on any atom is -0.394 e. The van der Waals surface area contributed by atoms with Crippen molar-refractivity contribution in [3.05, 3.63) is 23.3 Å². The summed E-state index contributed by atoms with van der Waals surface area (Å²) in [6, 6.07) is 0. The van der Waals surface area contributed by atoms with Crippen molar-refractivity contribution in [1.82, 2.24) is 0 Å². The Balaban J connectivity index is 1.23. The maximum Gasteiger partial charge on any atom is 0.187 e. The summed E-state index contributed by atoms with van der Waals surface area (Å²) in [6.45, 7) is 17.0. The van der Waals surface area contributed by atoms with Crippen LogP contribution >= 0.6 is 0 Å². The van der Waals surface area contributed by atoms with E-state index >= 15 is 0 Å². The minimum atomic E-state index is -1.74. The van der Waals surface area contributed by atoms with Gasteiger partial charge in [0.05, 0.1) is 25.4 Å². The van der Waals surface area contributed by atoms with Gasteiger partial charge < -0.3 is 59.8 Å². The molecular weight excluding hydrogens is 696 g/mol. The molecule has 0 aromatic heterocycles. The van der Waals surface area contributed by atoms with Gasteiger partial charge in [-0.15, -0.1) is 0 Å². The van der Waals surface area contributed by atoms with Gasteiger partial charge in [0, 0.05) is 0 Å². The molecule has 0 bridgehead atoms. The van der Waals surface area contributed by atoms with Crippen molar-refractivity contribution in [3.63, 3.8) is 0 Å². The van der Waals surface area contributed by atoms with E-state index in [2.05, 4.69) is 67.5 Å². The van der Waals surface area contributed by atoms with Crippen LogP contribution in [0, 0.1) is 51.8 Å². The molecule has 20 atom stereocenters. The maximum absolute atomic E-state index is 12.1. The molecule has 310 valence electrons. The monoisotopic (exact) mass is 766 g/mol. The van der Waals surface area contributed by atoms with Gasteiger partial charge in [-0.1, -0.05) is 57.9 Å². The average molecular weight is 767 g/mol. The summed E-state index contributed by atoms with van der Waals surface area (Å²) in [5.74, 6) is 2.09. The van der Waals surface area contributed by atoms with Crippen LogP contribution in [-0.2, 0) is 18.9 Å². The first-order valence-corrected chi connectivity index (χ1v) is 20.5. The number of ether oxygens (including phenoxy) is 4. The summed E-state index contributed by atoms with van der Waals surface area (Å²) in [5, 5.41) is 85.4. The Hall–Kier alpha value is -1.00. The van der Waals surface area contributed by atoms with Crippen LogP contribution in [0.15, 0.2) is 23.3 Å². The normalized spacial score (nSPS) is 51.9. The van der Waals surface area contributed by atoms with Crippen molar-refractivity contribution in [2.75, 3.05) is 13.2 Å². The topological polar surface area (TPSA) is 199 Å². The first-order chi connectivity index (χ1) is 25.3. The molecule has 6 aliphatic rings. The van der Waals surface area contributed by atoms with Crippen LogP contribution < -0.4 is 0 Å². The summed E-state index contributed by atoms with van der Waals surface area (Å²) in [5.41, 5.74) is 2.29. The lowest BCUT2D eigenvalue weighted by Crippen LogP contribution is -2.66. The third-order valence-electron chi connectivity index (χ3n) is 15.6. The van der Waals surface area contributed by atoms with Crippen LogP contribution in [0.1, 0.15) is 100 Å². The van der Waals surface area contributed by atoms with Crippen LogP contribution in [0.4, 0.5) is 0 Å². The SMILES string of the molecule is CC(C)=CC/C=C(\C)[C@H]1CC[C@]2(C)C3C(C)CC4C(C)(C)C(O[C@@H]5O[C@H](CO)[C@@H](O)[C@H](O)[C@H]5O[C@@H]5O[C@H](CO)[C@@H](O)[C@H](O)[C@H]5O)CC[C@]4(C)C3C[C@H](O)C12. The highest BCUT2D eigenvalue weighted by atomic mass is 16.8. The number of hydrogen-bond acceptors (Lipinski definition) is 12. The molecular formula is C42H70O12. The van der Waals surface area contributed by atoms with Gasteiger partial charge in [0.25, 0.3) is 0 Å². The first-order valence-electron chi connectivity index (χ1n) is 20.5. The quantitative estimate of drug-likeness (QED) is 0.126. The number of fused-ring (bicyclic) bond motifs is 5. The molecule has 2 heterocycles. The molecule has 0 aromatic carbocycles. The molecule has 0 spiro atoms. The van der Waals surface area contributed by atoms with Crippen molar-refractivity contribution in [2.24, 2.45) is 51.8 Å².